The zero-order valence-corrected chi connectivity index (χ0v) is 12.5. The summed E-state index contributed by atoms with van der Waals surface area (Å²) in [5.41, 5.74) is 0. The summed E-state index contributed by atoms with van der Waals surface area (Å²) in [6, 6.07) is 6.42. The average Bonchev–Trinajstić information content (AvgIpc) is 2.40. The third kappa shape index (κ3) is 3.48. The second-order valence-corrected chi connectivity index (χ2v) is 7.13. The number of hydrogen-bond donors (Lipinski definition) is 0. The lowest BCUT2D eigenvalue weighted by atomic mass is 9.99. The highest BCUT2D eigenvalue weighted by atomic mass is 35.5. The minimum atomic E-state index is -3.41. The van der Waals surface area contributed by atoms with E-state index in [-0.39, 0.29) is 4.90 Å². The maximum absolute atomic E-state index is 12.4. The Kier molecular flexibility index (Phi) is 4.84. The normalized spacial score (nSPS) is 18.6. The number of piperidine rings is 1. The largest absolute Gasteiger partial charge is 0.384 e. The molecule has 0 aliphatic carbocycles. The second kappa shape index (κ2) is 6.22. The molecule has 1 fully saturated rings. The molecule has 0 saturated carbocycles. The van der Waals surface area contributed by atoms with Crippen molar-refractivity contribution in [1.82, 2.24) is 4.31 Å². The van der Waals surface area contributed by atoms with Crippen LogP contribution in [0.15, 0.2) is 29.2 Å². The highest BCUT2D eigenvalue weighted by molar-refractivity contribution is 7.89. The zero-order valence-electron chi connectivity index (χ0n) is 10.9. The van der Waals surface area contributed by atoms with Gasteiger partial charge in [0, 0.05) is 31.8 Å². The lowest BCUT2D eigenvalue weighted by molar-refractivity contribution is 0.121. The zero-order chi connectivity index (χ0) is 13.9. The van der Waals surface area contributed by atoms with Crippen molar-refractivity contribution >= 4 is 21.6 Å². The Morgan fingerprint density at radius 3 is 2.63 bits per heavy atom. The third-order valence-corrected chi connectivity index (χ3v) is 5.54. The van der Waals surface area contributed by atoms with Crippen LogP contribution in [-0.4, -0.2) is 39.5 Å². The van der Waals surface area contributed by atoms with E-state index in [1.807, 2.05) is 0 Å². The van der Waals surface area contributed by atoms with E-state index in [1.54, 1.807) is 25.3 Å². The molecule has 1 heterocycles. The number of hydrogen-bond acceptors (Lipinski definition) is 3. The predicted octanol–water partition coefficient (Wildman–Crippen LogP) is 2.39. The van der Waals surface area contributed by atoms with Gasteiger partial charge < -0.3 is 4.74 Å². The number of halogens is 1. The van der Waals surface area contributed by atoms with Crippen LogP contribution in [0.3, 0.4) is 0 Å². The molecule has 0 bridgehead atoms. The van der Waals surface area contributed by atoms with Gasteiger partial charge in [0.1, 0.15) is 0 Å². The van der Waals surface area contributed by atoms with Crippen LogP contribution in [0.1, 0.15) is 12.8 Å². The molecule has 1 aromatic carbocycles. The van der Waals surface area contributed by atoms with Crippen molar-refractivity contribution in [3.63, 3.8) is 0 Å². The van der Waals surface area contributed by atoms with E-state index in [0.29, 0.717) is 30.6 Å². The number of methoxy groups -OCH3 is 1. The molecule has 1 saturated heterocycles. The van der Waals surface area contributed by atoms with Crippen LogP contribution >= 0.6 is 11.6 Å². The Morgan fingerprint density at radius 1 is 1.37 bits per heavy atom. The van der Waals surface area contributed by atoms with Crippen molar-refractivity contribution in [1.29, 1.82) is 0 Å². The molecule has 1 aliphatic rings. The van der Waals surface area contributed by atoms with E-state index < -0.39 is 10.0 Å². The van der Waals surface area contributed by atoms with Gasteiger partial charge in [0.25, 0.3) is 0 Å². The summed E-state index contributed by atoms with van der Waals surface area (Å²) in [4.78, 5) is 0.269. The first-order chi connectivity index (χ1) is 9.04. The first-order valence-electron chi connectivity index (χ1n) is 6.28. The summed E-state index contributed by atoms with van der Waals surface area (Å²) in [7, 11) is -1.74. The monoisotopic (exact) mass is 303 g/mol. The number of benzene rings is 1. The molecule has 0 aromatic heterocycles. The van der Waals surface area contributed by atoms with E-state index in [2.05, 4.69) is 0 Å². The Labute approximate surface area is 119 Å². The van der Waals surface area contributed by atoms with Crippen molar-refractivity contribution in [2.24, 2.45) is 5.92 Å². The smallest absolute Gasteiger partial charge is 0.243 e. The molecule has 19 heavy (non-hydrogen) atoms. The summed E-state index contributed by atoms with van der Waals surface area (Å²) in [6.45, 7) is 1.79. The summed E-state index contributed by atoms with van der Waals surface area (Å²) >= 11 is 5.85. The van der Waals surface area contributed by atoms with Crippen molar-refractivity contribution in [2.75, 3.05) is 26.8 Å². The molecule has 2 rings (SSSR count). The van der Waals surface area contributed by atoms with Crippen molar-refractivity contribution < 1.29 is 13.2 Å². The fourth-order valence-electron chi connectivity index (χ4n) is 2.33. The van der Waals surface area contributed by atoms with E-state index in [4.69, 9.17) is 16.3 Å². The summed E-state index contributed by atoms with van der Waals surface area (Å²) in [5, 5.41) is 0.440. The molecule has 1 aromatic rings. The Bertz CT molecular complexity index is 524. The SMILES string of the molecule is COCC1CCN(S(=O)(=O)c2cccc(Cl)c2)CC1. The van der Waals surface area contributed by atoms with Crippen LogP contribution in [0.4, 0.5) is 0 Å². The molecule has 106 valence electrons. The molecule has 0 amide bonds. The van der Waals surface area contributed by atoms with Crippen LogP contribution in [0.2, 0.25) is 5.02 Å². The van der Waals surface area contributed by atoms with Crippen molar-refractivity contribution in [3.8, 4) is 0 Å². The third-order valence-electron chi connectivity index (χ3n) is 3.41. The van der Waals surface area contributed by atoms with Gasteiger partial charge in [-0.25, -0.2) is 8.42 Å². The van der Waals surface area contributed by atoms with E-state index >= 15 is 0 Å². The van der Waals surface area contributed by atoms with E-state index in [1.165, 1.54) is 10.4 Å². The standard InChI is InChI=1S/C13H18ClNO3S/c1-18-10-11-5-7-15(8-6-11)19(16,17)13-4-2-3-12(14)9-13/h2-4,9,11H,5-8,10H2,1H3. The molecule has 0 unspecified atom stereocenters. The lowest BCUT2D eigenvalue weighted by Crippen LogP contribution is -2.39. The average molecular weight is 304 g/mol. The van der Waals surface area contributed by atoms with E-state index in [0.717, 1.165) is 12.8 Å². The first-order valence-corrected chi connectivity index (χ1v) is 8.10. The minimum Gasteiger partial charge on any atom is -0.384 e. The number of rotatable bonds is 4. The van der Waals surface area contributed by atoms with Gasteiger partial charge in [-0.15, -0.1) is 0 Å². The molecule has 0 radical (unpaired) electrons. The predicted molar refractivity (Wildman–Crippen MR) is 74.8 cm³/mol. The highest BCUT2D eigenvalue weighted by Gasteiger charge is 2.29. The van der Waals surface area contributed by atoms with Gasteiger partial charge in [0.2, 0.25) is 10.0 Å². The fraction of sp³-hybridized carbons (Fsp3) is 0.538. The van der Waals surface area contributed by atoms with Crippen LogP contribution in [0.5, 0.6) is 0 Å². The lowest BCUT2D eigenvalue weighted by Gasteiger charge is -2.30. The minimum absolute atomic E-state index is 0.269. The number of sulfonamides is 1. The molecule has 4 nitrogen and oxygen atoms in total. The molecule has 0 N–H and O–H groups in total. The molecular formula is C13H18ClNO3S. The fourth-order valence-corrected chi connectivity index (χ4v) is 4.10. The van der Waals surface area contributed by atoms with Gasteiger partial charge in [-0.3, -0.25) is 0 Å². The molecule has 0 atom stereocenters. The van der Waals surface area contributed by atoms with Crippen LogP contribution in [0, 0.1) is 5.92 Å². The second-order valence-electron chi connectivity index (χ2n) is 4.76. The maximum Gasteiger partial charge on any atom is 0.243 e. The summed E-state index contributed by atoms with van der Waals surface area (Å²) < 4.78 is 31.5. The Hall–Kier alpha value is -0.620. The van der Waals surface area contributed by atoms with Crippen LogP contribution < -0.4 is 0 Å². The van der Waals surface area contributed by atoms with Gasteiger partial charge >= 0.3 is 0 Å². The summed E-state index contributed by atoms with van der Waals surface area (Å²) in [5.74, 6) is 0.454. The molecular weight excluding hydrogens is 286 g/mol. The molecule has 6 heteroatoms. The van der Waals surface area contributed by atoms with Gasteiger partial charge in [-0.2, -0.15) is 4.31 Å². The molecule has 1 aliphatic heterocycles. The van der Waals surface area contributed by atoms with Crippen molar-refractivity contribution in [3.05, 3.63) is 29.3 Å². The van der Waals surface area contributed by atoms with Gasteiger partial charge in [0.15, 0.2) is 0 Å². The van der Waals surface area contributed by atoms with Crippen LogP contribution in [-0.2, 0) is 14.8 Å². The summed E-state index contributed by atoms with van der Waals surface area (Å²) in [6.07, 6.45) is 1.68. The quantitative estimate of drug-likeness (QED) is 0.858. The Morgan fingerprint density at radius 2 is 2.05 bits per heavy atom. The number of ether oxygens (including phenoxy) is 1. The topological polar surface area (TPSA) is 46.6 Å². The molecule has 0 spiro atoms. The van der Waals surface area contributed by atoms with Gasteiger partial charge in [-0.1, -0.05) is 17.7 Å². The first kappa shape index (κ1) is 14.8. The van der Waals surface area contributed by atoms with E-state index in [9.17, 15) is 8.42 Å². The Balaban J connectivity index is 2.10. The van der Waals surface area contributed by atoms with Gasteiger partial charge in [-0.05, 0) is 37.0 Å². The van der Waals surface area contributed by atoms with Crippen molar-refractivity contribution in [2.45, 2.75) is 17.7 Å². The van der Waals surface area contributed by atoms with Crippen LogP contribution in [0.25, 0.3) is 0 Å². The maximum atomic E-state index is 12.4. The number of nitrogens with zero attached hydrogens (tertiary/aromatic N) is 1. The highest BCUT2D eigenvalue weighted by Crippen LogP contribution is 2.25. The van der Waals surface area contributed by atoms with Gasteiger partial charge in [0.05, 0.1) is 4.90 Å².